The predicted molar refractivity (Wildman–Crippen MR) is 88.4 cm³/mol. The Bertz CT molecular complexity index is 939. The van der Waals surface area contributed by atoms with Crippen molar-refractivity contribution in [3.63, 3.8) is 0 Å². The fraction of sp³-hybridized carbons (Fsp3) is 0.111. The van der Waals surface area contributed by atoms with Crippen molar-refractivity contribution >= 4 is 11.8 Å². The van der Waals surface area contributed by atoms with Crippen LogP contribution in [0, 0.1) is 0 Å². The smallest absolute Gasteiger partial charge is 0.262 e. The third-order valence-corrected chi connectivity index (χ3v) is 4.11. The summed E-state index contributed by atoms with van der Waals surface area (Å²) in [6.07, 6.45) is 6.27. The number of amides is 2. The molecule has 0 saturated carbocycles. The minimum Gasteiger partial charge on any atom is -0.269 e. The molecule has 25 heavy (non-hydrogen) atoms. The van der Waals surface area contributed by atoms with E-state index in [4.69, 9.17) is 0 Å². The van der Waals surface area contributed by atoms with Crippen molar-refractivity contribution in [2.75, 3.05) is 0 Å². The maximum atomic E-state index is 12.7. The minimum absolute atomic E-state index is 0.335. The number of benzene rings is 1. The molecular weight excluding hydrogens is 318 g/mol. The average Bonchev–Trinajstić information content (AvgIpc) is 2.93. The zero-order valence-electron chi connectivity index (χ0n) is 13.3. The van der Waals surface area contributed by atoms with E-state index in [-0.39, 0.29) is 11.8 Å². The molecule has 7 nitrogen and oxygen atoms in total. The molecular formula is C18H13N5O2. The summed E-state index contributed by atoms with van der Waals surface area (Å²) in [5.41, 5.74) is 1.73. The molecule has 122 valence electrons. The van der Waals surface area contributed by atoms with E-state index in [1.807, 2.05) is 0 Å². The molecule has 0 radical (unpaired) electrons. The molecule has 2 aromatic heterocycles. The molecule has 0 bridgehead atoms. The van der Waals surface area contributed by atoms with Gasteiger partial charge in [0, 0.05) is 24.8 Å². The van der Waals surface area contributed by atoms with Gasteiger partial charge in [-0.05, 0) is 25.1 Å². The van der Waals surface area contributed by atoms with Gasteiger partial charge in [-0.15, -0.1) is 0 Å². The number of rotatable bonds is 3. The molecule has 0 N–H and O–H groups in total. The summed E-state index contributed by atoms with van der Waals surface area (Å²) in [7, 11) is 0. The Morgan fingerprint density at radius 2 is 1.40 bits per heavy atom. The van der Waals surface area contributed by atoms with Gasteiger partial charge in [-0.2, -0.15) is 0 Å². The van der Waals surface area contributed by atoms with Gasteiger partial charge in [0.25, 0.3) is 11.8 Å². The number of nitrogens with zero attached hydrogens (tertiary/aromatic N) is 5. The Labute approximate surface area is 143 Å². The average molecular weight is 331 g/mol. The highest BCUT2D eigenvalue weighted by molar-refractivity contribution is 6.21. The molecule has 1 unspecified atom stereocenters. The van der Waals surface area contributed by atoms with Gasteiger partial charge in [0.1, 0.15) is 5.69 Å². The summed E-state index contributed by atoms with van der Waals surface area (Å²) >= 11 is 0. The van der Waals surface area contributed by atoms with Crippen LogP contribution in [0.5, 0.6) is 0 Å². The third kappa shape index (κ3) is 2.37. The second kappa shape index (κ2) is 5.86. The molecule has 2 amide bonds. The number of carbonyl (C=O) groups excluding carboxylic acids is 2. The van der Waals surface area contributed by atoms with Gasteiger partial charge >= 0.3 is 0 Å². The van der Waals surface area contributed by atoms with E-state index in [2.05, 4.69) is 19.9 Å². The van der Waals surface area contributed by atoms with Crippen LogP contribution in [0.2, 0.25) is 0 Å². The van der Waals surface area contributed by atoms with Gasteiger partial charge in [-0.25, -0.2) is 15.0 Å². The zero-order chi connectivity index (χ0) is 17.4. The first-order valence-corrected chi connectivity index (χ1v) is 7.73. The lowest BCUT2D eigenvalue weighted by Gasteiger charge is -2.23. The molecule has 0 aliphatic carbocycles. The quantitative estimate of drug-likeness (QED) is 0.684. The SMILES string of the molecule is CC(c1nccnc1-c1ncccn1)N1C(=O)c2ccccc2C1=O. The van der Waals surface area contributed by atoms with Crippen LogP contribution in [-0.4, -0.2) is 36.7 Å². The van der Waals surface area contributed by atoms with Crippen molar-refractivity contribution in [1.29, 1.82) is 0 Å². The number of hydrogen-bond donors (Lipinski definition) is 0. The molecule has 0 fully saturated rings. The lowest BCUT2D eigenvalue weighted by molar-refractivity contribution is 0.0592. The highest BCUT2D eigenvalue weighted by Gasteiger charge is 2.40. The van der Waals surface area contributed by atoms with E-state index >= 15 is 0 Å². The van der Waals surface area contributed by atoms with Gasteiger partial charge in [-0.3, -0.25) is 19.5 Å². The summed E-state index contributed by atoms with van der Waals surface area (Å²) in [6, 6.07) is 7.89. The van der Waals surface area contributed by atoms with Crippen LogP contribution in [0.25, 0.3) is 11.5 Å². The van der Waals surface area contributed by atoms with E-state index in [1.54, 1.807) is 49.6 Å². The number of hydrogen-bond acceptors (Lipinski definition) is 6. The van der Waals surface area contributed by atoms with Gasteiger partial charge in [-0.1, -0.05) is 12.1 Å². The number of aromatic nitrogens is 4. The lowest BCUT2D eigenvalue weighted by Crippen LogP contribution is -2.33. The van der Waals surface area contributed by atoms with Gasteiger partial charge < -0.3 is 0 Å². The Morgan fingerprint density at radius 3 is 2.04 bits per heavy atom. The van der Waals surface area contributed by atoms with Crippen LogP contribution in [0.4, 0.5) is 0 Å². The standard InChI is InChI=1S/C18H13N5O2/c1-11(23-17(24)12-5-2-3-6-13(12)18(23)25)14-15(20-10-9-19-14)16-21-7-4-8-22-16/h2-11H,1H3. The van der Waals surface area contributed by atoms with E-state index < -0.39 is 6.04 Å². The molecule has 3 aromatic rings. The van der Waals surface area contributed by atoms with Gasteiger partial charge in [0.15, 0.2) is 5.82 Å². The molecule has 1 aliphatic heterocycles. The molecule has 0 saturated heterocycles. The van der Waals surface area contributed by atoms with E-state index in [0.29, 0.717) is 28.3 Å². The monoisotopic (exact) mass is 331 g/mol. The fourth-order valence-corrected chi connectivity index (χ4v) is 2.93. The molecule has 3 heterocycles. The predicted octanol–water partition coefficient (Wildman–Crippen LogP) is 2.29. The number of carbonyl (C=O) groups is 2. The summed E-state index contributed by atoms with van der Waals surface area (Å²) < 4.78 is 0. The van der Waals surface area contributed by atoms with Crippen molar-refractivity contribution in [2.45, 2.75) is 13.0 Å². The minimum atomic E-state index is -0.597. The van der Waals surface area contributed by atoms with Gasteiger partial charge in [0.05, 0.1) is 22.9 Å². The lowest BCUT2D eigenvalue weighted by atomic mass is 10.1. The molecule has 0 spiro atoms. The van der Waals surface area contributed by atoms with Crippen molar-refractivity contribution in [2.24, 2.45) is 0 Å². The highest BCUT2D eigenvalue weighted by atomic mass is 16.2. The second-order valence-corrected chi connectivity index (χ2v) is 5.56. The Hall–Kier alpha value is -3.48. The van der Waals surface area contributed by atoms with E-state index in [0.717, 1.165) is 0 Å². The van der Waals surface area contributed by atoms with Crippen LogP contribution >= 0.6 is 0 Å². The first-order chi connectivity index (χ1) is 12.2. The normalized spacial score (nSPS) is 14.5. The summed E-state index contributed by atoms with van der Waals surface area (Å²) in [5, 5.41) is 0. The van der Waals surface area contributed by atoms with Crippen molar-refractivity contribution in [1.82, 2.24) is 24.8 Å². The number of imide groups is 1. The molecule has 7 heteroatoms. The summed E-state index contributed by atoms with van der Waals surface area (Å²) in [6.45, 7) is 1.75. The maximum Gasteiger partial charge on any atom is 0.262 e. The number of fused-ring (bicyclic) bond motifs is 1. The third-order valence-electron chi connectivity index (χ3n) is 4.11. The molecule has 1 aromatic carbocycles. The highest BCUT2D eigenvalue weighted by Crippen LogP contribution is 2.32. The van der Waals surface area contributed by atoms with Gasteiger partial charge in [0.2, 0.25) is 0 Å². The molecule has 1 atom stereocenters. The first kappa shape index (κ1) is 15.1. The van der Waals surface area contributed by atoms with Crippen LogP contribution in [-0.2, 0) is 0 Å². The van der Waals surface area contributed by atoms with Crippen molar-refractivity contribution in [3.05, 3.63) is 71.9 Å². The van der Waals surface area contributed by atoms with Crippen LogP contribution in [0.3, 0.4) is 0 Å². The topological polar surface area (TPSA) is 88.9 Å². The Morgan fingerprint density at radius 1 is 0.800 bits per heavy atom. The molecule has 1 aliphatic rings. The maximum absolute atomic E-state index is 12.7. The summed E-state index contributed by atoms with van der Waals surface area (Å²) in [5.74, 6) is -0.272. The Kier molecular flexibility index (Phi) is 3.53. The fourth-order valence-electron chi connectivity index (χ4n) is 2.93. The van der Waals surface area contributed by atoms with Crippen LogP contribution in [0.15, 0.2) is 55.1 Å². The Balaban J connectivity index is 1.78. The van der Waals surface area contributed by atoms with Crippen LogP contribution in [0.1, 0.15) is 39.4 Å². The second-order valence-electron chi connectivity index (χ2n) is 5.56. The summed E-state index contributed by atoms with van der Waals surface area (Å²) in [4.78, 5) is 43.6. The largest absolute Gasteiger partial charge is 0.269 e. The van der Waals surface area contributed by atoms with Crippen molar-refractivity contribution in [3.8, 4) is 11.5 Å². The zero-order valence-corrected chi connectivity index (χ0v) is 13.3. The van der Waals surface area contributed by atoms with E-state index in [9.17, 15) is 9.59 Å². The van der Waals surface area contributed by atoms with E-state index in [1.165, 1.54) is 17.3 Å². The van der Waals surface area contributed by atoms with Crippen molar-refractivity contribution < 1.29 is 9.59 Å². The van der Waals surface area contributed by atoms with Crippen LogP contribution < -0.4 is 0 Å². The first-order valence-electron chi connectivity index (χ1n) is 7.73. The molecule has 4 rings (SSSR count).